The van der Waals surface area contributed by atoms with Crippen LogP contribution in [0.3, 0.4) is 0 Å². The second-order valence-corrected chi connectivity index (χ2v) is 26.8. The van der Waals surface area contributed by atoms with Crippen molar-refractivity contribution in [2.75, 3.05) is 9.80 Å². The molecule has 0 spiro atoms. The van der Waals surface area contributed by atoms with Gasteiger partial charge in [0.1, 0.15) is 45.0 Å². The fourth-order valence-electron chi connectivity index (χ4n) is 17.2. The molecule has 0 N–H and O–H groups in total. The lowest BCUT2D eigenvalue weighted by molar-refractivity contribution is 0.481. The first-order valence-corrected chi connectivity index (χ1v) is 34.1. The van der Waals surface area contributed by atoms with Gasteiger partial charge in [-0.15, -0.1) is 0 Å². The third kappa shape index (κ3) is 7.56. The molecule has 0 radical (unpaired) electrons. The second kappa shape index (κ2) is 20.2. The van der Waals surface area contributed by atoms with Gasteiger partial charge in [-0.25, -0.2) is 0 Å². The molecule has 23 rings (SSSR count). The summed E-state index contributed by atoms with van der Waals surface area (Å²) in [7, 11) is 0. The lowest BCUT2D eigenvalue weighted by atomic mass is 9.30. The molecule has 4 aromatic heterocycles. The Balaban J connectivity index is 0.860. The summed E-state index contributed by atoms with van der Waals surface area (Å²) in [4.78, 5) is 5.07. The molecule has 15 aromatic carbocycles. The van der Waals surface area contributed by atoms with Gasteiger partial charge in [-0.3, -0.25) is 0 Å². The molecule has 0 bridgehead atoms. The van der Waals surface area contributed by atoms with E-state index in [4.69, 9.17) is 27.1 Å². The number of nitrogens with zero attached hydrogens (tertiary/aromatic N) is 2. The third-order valence-corrected chi connectivity index (χ3v) is 21.6. The summed E-state index contributed by atoms with van der Waals surface area (Å²) in [6.07, 6.45) is 0. The maximum atomic E-state index is 7.66. The summed E-state index contributed by atoms with van der Waals surface area (Å²) in [6, 6.07) is 109. The number of hydrogen-bond donors (Lipinski definition) is 0. The van der Waals surface area contributed by atoms with Gasteiger partial charge in [0.15, 0.2) is 22.7 Å². The van der Waals surface area contributed by atoms with Crippen molar-refractivity contribution in [2.45, 2.75) is 0 Å². The lowest BCUT2D eigenvalue weighted by Gasteiger charge is -2.45. The summed E-state index contributed by atoms with van der Waals surface area (Å²) in [5.41, 5.74) is 27.3. The molecule has 8 heterocycles. The molecule has 0 unspecified atom stereocenters. The molecule has 4 aliphatic rings. The summed E-state index contributed by atoms with van der Waals surface area (Å²) < 4.78 is 42.4. The molecule has 0 atom stereocenters. The number of rotatable bonds is 6. The minimum atomic E-state index is -0.361. The molecule has 10 heteroatoms. The Hall–Kier alpha value is -13.2. The number of hydrogen-bond acceptors (Lipinski definition) is 8. The fraction of sp³-hybridized carbons (Fsp3) is 0. The van der Waals surface area contributed by atoms with E-state index in [2.05, 4.69) is 277 Å². The van der Waals surface area contributed by atoms with Crippen LogP contribution in [-0.2, 0) is 0 Å². The molecule has 0 saturated heterocycles. The average molecular weight is 1280 g/mol. The van der Waals surface area contributed by atoms with Gasteiger partial charge in [-0.05, 0) is 157 Å². The van der Waals surface area contributed by atoms with Crippen molar-refractivity contribution in [2.24, 2.45) is 0 Å². The third-order valence-electron chi connectivity index (χ3n) is 21.6. The SMILES string of the molecule is c1ccc(-c2ccccc2N2c3cc4c(cc3B3c5ccc6c(oc7ccccc76)c5Oc5cc(-c6ccc7oc8ccccc8c7c6)cc2c53)B2c3ccc5c(oc6ccccc65)c3Oc3cc(-c5ccc6oc7ccccc7c6c5)cc(c32)N4c2ccccc2-c2ccccc2)cc1. The Morgan fingerprint density at radius 2 is 0.600 bits per heavy atom. The number of furan rings is 4. The molecule has 0 amide bonds. The van der Waals surface area contributed by atoms with Crippen LogP contribution in [0.1, 0.15) is 0 Å². The molecular formula is C90H50B2N2O6. The highest BCUT2D eigenvalue weighted by atomic mass is 16.5. The van der Waals surface area contributed by atoms with E-state index in [1.54, 1.807) is 0 Å². The van der Waals surface area contributed by atoms with Crippen LogP contribution in [0.2, 0.25) is 0 Å². The minimum absolute atomic E-state index is 0.361. The van der Waals surface area contributed by atoms with Gasteiger partial charge in [-0.1, -0.05) is 212 Å². The molecule has 0 saturated carbocycles. The Bertz CT molecular complexity index is 6380. The van der Waals surface area contributed by atoms with Gasteiger partial charge in [0.05, 0.1) is 11.4 Å². The van der Waals surface area contributed by atoms with Gasteiger partial charge in [0, 0.05) is 77.0 Å². The largest absolute Gasteiger partial charge is 0.456 e. The Kier molecular flexibility index (Phi) is 10.9. The highest BCUT2D eigenvalue weighted by molar-refractivity contribution is 7.02. The van der Waals surface area contributed by atoms with Gasteiger partial charge in [0.25, 0.3) is 13.4 Å². The summed E-state index contributed by atoms with van der Waals surface area (Å²) >= 11 is 0. The van der Waals surface area contributed by atoms with Crippen LogP contribution >= 0.6 is 0 Å². The van der Waals surface area contributed by atoms with Crippen LogP contribution in [0.15, 0.2) is 321 Å². The smallest absolute Gasteiger partial charge is 0.256 e. The van der Waals surface area contributed by atoms with Crippen molar-refractivity contribution in [1.29, 1.82) is 0 Å². The van der Waals surface area contributed by atoms with Crippen LogP contribution in [0.5, 0.6) is 23.0 Å². The quantitative estimate of drug-likeness (QED) is 0.152. The van der Waals surface area contributed by atoms with E-state index in [9.17, 15) is 0 Å². The van der Waals surface area contributed by atoms with Crippen LogP contribution in [0.25, 0.3) is 132 Å². The van der Waals surface area contributed by atoms with Crippen molar-refractivity contribution in [3.05, 3.63) is 303 Å². The first kappa shape index (κ1) is 54.0. The zero-order chi connectivity index (χ0) is 65.0. The first-order chi connectivity index (χ1) is 49.6. The standard InChI is InChI=1S/C90H50B2N2O6/c1-3-19-51(20-4-1)57-23-7-13-29-71(57)93-73-50-74-70(49-69(73)91-67-39-37-63-59-25-9-17-33-79(59)97-87(63)89(67)99-83-47-55(45-75(93)85(83)91)53-35-41-81-65(43-53)61-27-11-15-31-77(61)95-81)92-68-40-38-64-60-26-10-18-34-80(60)98-88(64)90(68)100-84-48-56(54-36-42-82-66(44-54)62-28-12-16-32-78(62)96-82)46-76(86(84)92)94(74)72-30-14-8-24-58(72)52-21-5-2-6-22-52/h1-50H. The molecule has 0 fully saturated rings. The van der Waals surface area contributed by atoms with Crippen LogP contribution in [-0.4, -0.2) is 13.4 Å². The number of anilines is 6. The molecule has 8 nitrogen and oxygen atoms in total. The van der Waals surface area contributed by atoms with E-state index < -0.39 is 0 Å². The average Bonchev–Trinajstić information content (AvgIpc) is 0.748. The molecule has 462 valence electrons. The molecular weight excluding hydrogens is 1230 g/mol. The van der Waals surface area contributed by atoms with Gasteiger partial charge >= 0.3 is 0 Å². The Morgan fingerprint density at radius 3 is 1.05 bits per heavy atom. The van der Waals surface area contributed by atoms with E-state index in [1.807, 2.05) is 36.4 Å². The summed E-state index contributed by atoms with van der Waals surface area (Å²) in [5.74, 6) is 2.92. The van der Waals surface area contributed by atoms with Crippen molar-refractivity contribution >= 4 is 168 Å². The van der Waals surface area contributed by atoms with E-state index in [1.165, 1.54) is 0 Å². The normalized spacial score (nSPS) is 13.3. The topological polar surface area (TPSA) is 77.5 Å². The number of benzene rings is 15. The van der Waals surface area contributed by atoms with Gasteiger partial charge < -0.3 is 36.9 Å². The zero-order valence-electron chi connectivity index (χ0n) is 53.4. The highest BCUT2D eigenvalue weighted by Gasteiger charge is 2.49. The monoisotopic (exact) mass is 1280 g/mol. The maximum absolute atomic E-state index is 7.66. The van der Waals surface area contributed by atoms with E-state index in [0.717, 1.165) is 199 Å². The van der Waals surface area contributed by atoms with Crippen molar-refractivity contribution < 1.29 is 27.1 Å². The Labute approximate surface area is 572 Å². The number of para-hydroxylation sites is 6. The van der Waals surface area contributed by atoms with Crippen molar-refractivity contribution in [3.63, 3.8) is 0 Å². The van der Waals surface area contributed by atoms with Gasteiger partial charge in [0.2, 0.25) is 0 Å². The van der Waals surface area contributed by atoms with Crippen LogP contribution < -0.4 is 52.1 Å². The summed E-state index contributed by atoms with van der Waals surface area (Å²) in [6.45, 7) is -0.721. The zero-order valence-corrected chi connectivity index (χ0v) is 53.4. The number of fused-ring (bicyclic) bond motifs is 22. The molecule has 0 aliphatic carbocycles. The molecule has 4 aliphatic heterocycles. The number of ether oxygens (including phenoxy) is 2. The minimum Gasteiger partial charge on any atom is -0.456 e. The van der Waals surface area contributed by atoms with E-state index >= 15 is 0 Å². The predicted molar refractivity (Wildman–Crippen MR) is 409 cm³/mol. The van der Waals surface area contributed by atoms with E-state index in [-0.39, 0.29) is 13.4 Å². The van der Waals surface area contributed by atoms with Gasteiger partial charge in [-0.2, -0.15) is 0 Å². The lowest BCUT2D eigenvalue weighted by Crippen LogP contribution is -2.63. The predicted octanol–water partition coefficient (Wildman–Crippen LogP) is 20.8. The van der Waals surface area contributed by atoms with E-state index in [0.29, 0.717) is 22.7 Å². The molecule has 19 aromatic rings. The van der Waals surface area contributed by atoms with Crippen LogP contribution in [0, 0.1) is 0 Å². The fourth-order valence-corrected chi connectivity index (χ4v) is 17.2. The van der Waals surface area contributed by atoms with Crippen molar-refractivity contribution in [1.82, 2.24) is 0 Å². The first-order valence-electron chi connectivity index (χ1n) is 34.1. The summed E-state index contributed by atoms with van der Waals surface area (Å²) in [5, 5.41) is 8.28. The Morgan fingerprint density at radius 1 is 0.220 bits per heavy atom. The van der Waals surface area contributed by atoms with Crippen molar-refractivity contribution in [3.8, 4) is 67.5 Å². The maximum Gasteiger partial charge on any atom is 0.256 e. The second-order valence-electron chi connectivity index (χ2n) is 26.8. The highest BCUT2D eigenvalue weighted by Crippen LogP contribution is 2.53. The molecule has 100 heavy (non-hydrogen) atoms. The van der Waals surface area contributed by atoms with Crippen LogP contribution in [0.4, 0.5) is 34.1 Å².